The second-order valence-electron chi connectivity index (χ2n) is 5.68. The van der Waals surface area contributed by atoms with Gasteiger partial charge in [-0.25, -0.2) is 0 Å². The van der Waals surface area contributed by atoms with Gasteiger partial charge in [0, 0.05) is 23.8 Å². The summed E-state index contributed by atoms with van der Waals surface area (Å²) in [6.07, 6.45) is 6.43. The topological polar surface area (TPSA) is 29.9 Å². The van der Waals surface area contributed by atoms with E-state index in [4.69, 9.17) is 0 Å². The van der Waals surface area contributed by atoms with Crippen LogP contribution >= 0.6 is 0 Å². The molecule has 0 aliphatic carbocycles. The number of aromatic nitrogens is 2. The fourth-order valence-electron chi connectivity index (χ4n) is 2.28. The Bertz CT molecular complexity index is 502. The van der Waals surface area contributed by atoms with Crippen molar-refractivity contribution in [2.75, 3.05) is 6.54 Å². The molecule has 3 nitrogen and oxygen atoms in total. The summed E-state index contributed by atoms with van der Waals surface area (Å²) in [5, 5.41) is 7.96. The van der Waals surface area contributed by atoms with Gasteiger partial charge in [-0.05, 0) is 31.9 Å². The molecule has 20 heavy (non-hydrogen) atoms. The molecule has 0 bridgehead atoms. The zero-order chi connectivity index (χ0) is 14.4. The Morgan fingerprint density at radius 3 is 2.55 bits per heavy atom. The molecule has 1 unspecified atom stereocenters. The number of nitrogens with zero attached hydrogens (tertiary/aromatic N) is 2. The monoisotopic (exact) mass is 271 g/mol. The van der Waals surface area contributed by atoms with E-state index in [1.54, 1.807) is 0 Å². The van der Waals surface area contributed by atoms with Crippen LogP contribution in [0.1, 0.15) is 39.7 Å². The third-order valence-electron chi connectivity index (χ3n) is 3.51. The first-order chi connectivity index (χ1) is 9.66. The molecule has 0 radical (unpaired) electrons. The fourth-order valence-corrected chi connectivity index (χ4v) is 2.28. The van der Waals surface area contributed by atoms with E-state index in [-0.39, 0.29) is 0 Å². The van der Waals surface area contributed by atoms with Crippen LogP contribution in [-0.2, 0) is 0 Å². The minimum Gasteiger partial charge on any atom is -0.315 e. The van der Waals surface area contributed by atoms with Crippen LogP contribution in [0.4, 0.5) is 0 Å². The Morgan fingerprint density at radius 2 is 1.85 bits per heavy atom. The first-order valence-corrected chi connectivity index (χ1v) is 7.50. The standard InChI is InChI=1S/C17H25N3/c1-14(2)18-11-7-8-15(3)20-13-17(12-19-20)16-9-5-4-6-10-16/h4-6,9-10,12-15,18H,7-8,11H2,1-3H3. The van der Waals surface area contributed by atoms with Crippen LogP contribution < -0.4 is 5.32 Å². The minimum absolute atomic E-state index is 0.446. The molecule has 108 valence electrons. The molecule has 1 heterocycles. The maximum Gasteiger partial charge on any atom is 0.0568 e. The normalized spacial score (nSPS) is 12.8. The highest BCUT2D eigenvalue weighted by molar-refractivity contribution is 5.61. The van der Waals surface area contributed by atoms with Crippen molar-refractivity contribution in [1.29, 1.82) is 0 Å². The van der Waals surface area contributed by atoms with Gasteiger partial charge in [-0.15, -0.1) is 0 Å². The highest BCUT2D eigenvalue weighted by Crippen LogP contribution is 2.20. The first kappa shape index (κ1) is 14.8. The largest absolute Gasteiger partial charge is 0.315 e. The number of rotatable bonds is 7. The maximum absolute atomic E-state index is 4.50. The average molecular weight is 271 g/mol. The van der Waals surface area contributed by atoms with E-state index < -0.39 is 0 Å². The molecule has 0 spiro atoms. The van der Waals surface area contributed by atoms with Crippen LogP contribution in [-0.4, -0.2) is 22.4 Å². The molecular formula is C17H25N3. The lowest BCUT2D eigenvalue weighted by Gasteiger charge is -2.13. The molecule has 1 aromatic heterocycles. The predicted molar refractivity (Wildman–Crippen MR) is 84.7 cm³/mol. The van der Waals surface area contributed by atoms with Crippen molar-refractivity contribution in [2.24, 2.45) is 0 Å². The Hall–Kier alpha value is -1.61. The molecular weight excluding hydrogens is 246 g/mol. The van der Waals surface area contributed by atoms with Gasteiger partial charge in [-0.3, -0.25) is 4.68 Å². The van der Waals surface area contributed by atoms with Crippen molar-refractivity contribution < 1.29 is 0 Å². The summed E-state index contributed by atoms with van der Waals surface area (Å²) in [7, 11) is 0. The summed E-state index contributed by atoms with van der Waals surface area (Å²) in [5.74, 6) is 0. The summed E-state index contributed by atoms with van der Waals surface area (Å²) < 4.78 is 2.08. The van der Waals surface area contributed by atoms with Gasteiger partial charge >= 0.3 is 0 Å². The van der Waals surface area contributed by atoms with Crippen LogP contribution in [0.5, 0.6) is 0 Å². The number of hydrogen-bond donors (Lipinski definition) is 1. The smallest absolute Gasteiger partial charge is 0.0568 e. The van der Waals surface area contributed by atoms with Crippen LogP contribution in [0.3, 0.4) is 0 Å². The molecule has 0 amide bonds. The highest BCUT2D eigenvalue weighted by Gasteiger charge is 2.07. The Kier molecular flexibility index (Phi) is 5.36. The lowest BCUT2D eigenvalue weighted by atomic mass is 10.1. The van der Waals surface area contributed by atoms with E-state index in [0.29, 0.717) is 12.1 Å². The van der Waals surface area contributed by atoms with E-state index in [0.717, 1.165) is 13.0 Å². The maximum atomic E-state index is 4.50. The van der Waals surface area contributed by atoms with Gasteiger partial charge in [-0.1, -0.05) is 44.2 Å². The van der Waals surface area contributed by atoms with E-state index in [1.165, 1.54) is 17.5 Å². The zero-order valence-electron chi connectivity index (χ0n) is 12.7. The highest BCUT2D eigenvalue weighted by atomic mass is 15.3. The van der Waals surface area contributed by atoms with Gasteiger partial charge in [0.2, 0.25) is 0 Å². The van der Waals surface area contributed by atoms with Crippen molar-refractivity contribution in [3.8, 4) is 11.1 Å². The summed E-state index contributed by atoms with van der Waals surface area (Å²) >= 11 is 0. The van der Waals surface area contributed by atoms with Crippen LogP contribution in [0.25, 0.3) is 11.1 Å². The van der Waals surface area contributed by atoms with Crippen LogP contribution in [0.2, 0.25) is 0 Å². The summed E-state index contributed by atoms with van der Waals surface area (Å²) in [5.41, 5.74) is 2.42. The van der Waals surface area contributed by atoms with E-state index in [9.17, 15) is 0 Å². The lowest BCUT2D eigenvalue weighted by Crippen LogP contribution is -2.24. The molecule has 1 N–H and O–H groups in total. The van der Waals surface area contributed by atoms with Crippen molar-refractivity contribution in [2.45, 2.75) is 45.7 Å². The predicted octanol–water partition coefficient (Wildman–Crippen LogP) is 3.89. The molecule has 0 aliphatic heterocycles. The summed E-state index contributed by atoms with van der Waals surface area (Å²) in [4.78, 5) is 0. The Morgan fingerprint density at radius 1 is 1.10 bits per heavy atom. The molecule has 1 atom stereocenters. The number of benzene rings is 1. The Labute approximate surface area is 122 Å². The SMILES string of the molecule is CC(C)NCCCC(C)n1cc(-c2ccccc2)cn1. The minimum atomic E-state index is 0.446. The summed E-state index contributed by atoms with van der Waals surface area (Å²) in [6.45, 7) is 7.68. The third kappa shape index (κ3) is 4.20. The second kappa shape index (κ2) is 7.25. The molecule has 2 aromatic rings. The fraction of sp³-hybridized carbons (Fsp3) is 0.471. The molecule has 0 aliphatic rings. The van der Waals surface area contributed by atoms with Crippen molar-refractivity contribution >= 4 is 0 Å². The van der Waals surface area contributed by atoms with E-state index in [2.05, 4.69) is 66.3 Å². The van der Waals surface area contributed by atoms with Crippen LogP contribution in [0.15, 0.2) is 42.7 Å². The van der Waals surface area contributed by atoms with Gasteiger partial charge in [0.25, 0.3) is 0 Å². The number of nitrogens with one attached hydrogen (secondary N) is 1. The van der Waals surface area contributed by atoms with Crippen molar-refractivity contribution in [3.05, 3.63) is 42.7 Å². The molecule has 0 saturated carbocycles. The van der Waals surface area contributed by atoms with Gasteiger partial charge < -0.3 is 5.32 Å². The molecule has 0 saturated heterocycles. The lowest BCUT2D eigenvalue weighted by molar-refractivity contribution is 0.432. The number of hydrogen-bond acceptors (Lipinski definition) is 2. The summed E-state index contributed by atoms with van der Waals surface area (Å²) in [6, 6.07) is 11.4. The molecule has 3 heteroatoms. The zero-order valence-corrected chi connectivity index (χ0v) is 12.7. The van der Waals surface area contributed by atoms with Gasteiger partial charge in [0.15, 0.2) is 0 Å². The molecule has 0 fully saturated rings. The third-order valence-corrected chi connectivity index (χ3v) is 3.51. The quantitative estimate of drug-likeness (QED) is 0.774. The second-order valence-corrected chi connectivity index (χ2v) is 5.68. The first-order valence-electron chi connectivity index (χ1n) is 7.50. The Balaban J connectivity index is 1.88. The van der Waals surface area contributed by atoms with Crippen molar-refractivity contribution in [3.63, 3.8) is 0 Å². The van der Waals surface area contributed by atoms with Crippen molar-refractivity contribution in [1.82, 2.24) is 15.1 Å². The molecule has 1 aromatic carbocycles. The van der Waals surface area contributed by atoms with E-state index >= 15 is 0 Å². The van der Waals surface area contributed by atoms with Crippen LogP contribution in [0, 0.1) is 0 Å². The van der Waals surface area contributed by atoms with Gasteiger partial charge in [-0.2, -0.15) is 5.10 Å². The van der Waals surface area contributed by atoms with Gasteiger partial charge in [0.05, 0.1) is 6.20 Å². The van der Waals surface area contributed by atoms with E-state index in [1.807, 2.05) is 12.3 Å². The van der Waals surface area contributed by atoms with Gasteiger partial charge in [0.1, 0.15) is 0 Å². The average Bonchev–Trinajstić information content (AvgIpc) is 2.94. The molecule has 2 rings (SSSR count).